The zero-order valence-corrected chi connectivity index (χ0v) is 15.3. The van der Waals surface area contributed by atoms with Crippen LogP contribution in [0.4, 0.5) is 0 Å². The summed E-state index contributed by atoms with van der Waals surface area (Å²) in [6.07, 6.45) is 2.20. The molecule has 4 heteroatoms. The fourth-order valence-electron chi connectivity index (χ4n) is 3.33. The fraction of sp³-hybridized carbons (Fsp3) is 0.364. The number of nitrogens with zero attached hydrogens (tertiary/aromatic N) is 1. The quantitative estimate of drug-likeness (QED) is 0.815. The van der Waals surface area contributed by atoms with Gasteiger partial charge in [0.05, 0.1) is 13.0 Å². The minimum atomic E-state index is 0.0744. The molecule has 1 saturated heterocycles. The molecule has 3 rings (SSSR count). The van der Waals surface area contributed by atoms with Gasteiger partial charge in [0.15, 0.2) is 5.78 Å². The van der Waals surface area contributed by atoms with Gasteiger partial charge in [-0.3, -0.25) is 14.5 Å². The number of likely N-dealkylation sites (tertiary alicyclic amines) is 1. The molecule has 0 atom stereocenters. The highest BCUT2D eigenvalue weighted by molar-refractivity contribution is 5.97. The number of hydrogen-bond donors (Lipinski definition) is 1. The zero-order valence-electron chi connectivity index (χ0n) is 15.3. The third-order valence-electron chi connectivity index (χ3n) is 4.90. The molecule has 0 bridgehead atoms. The van der Waals surface area contributed by atoms with Gasteiger partial charge in [0.2, 0.25) is 5.91 Å². The fourth-order valence-corrected chi connectivity index (χ4v) is 3.33. The number of ketones is 1. The molecule has 0 aromatic heterocycles. The van der Waals surface area contributed by atoms with Gasteiger partial charge in [-0.05, 0) is 25.3 Å². The molecule has 0 radical (unpaired) electrons. The summed E-state index contributed by atoms with van der Waals surface area (Å²) in [6.45, 7) is 4.15. The lowest BCUT2D eigenvalue weighted by Crippen LogP contribution is -2.46. The molecule has 2 aromatic rings. The lowest BCUT2D eigenvalue weighted by Gasteiger charge is -2.31. The van der Waals surface area contributed by atoms with Crippen LogP contribution < -0.4 is 5.32 Å². The first kappa shape index (κ1) is 18.3. The normalized spacial score (nSPS) is 15.6. The van der Waals surface area contributed by atoms with Crippen LogP contribution in [0.15, 0.2) is 54.6 Å². The van der Waals surface area contributed by atoms with Gasteiger partial charge in [-0.2, -0.15) is 0 Å². The third kappa shape index (κ3) is 5.27. The van der Waals surface area contributed by atoms with E-state index in [0.717, 1.165) is 42.6 Å². The number of benzene rings is 2. The number of rotatable bonds is 6. The number of hydrogen-bond acceptors (Lipinski definition) is 3. The number of aryl methyl sites for hydroxylation is 1. The highest BCUT2D eigenvalue weighted by Crippen LogP contribution is 2.12. The van der Waals surface area contributed by atoms with Crippen LogP contribution in [0.1, 0.15) is 34.3 Å². The number of Topliss-reactive ketones (excluding diaryl/α,β-unsaturated/α-hetero) is 1. The lowest BCUT2D eigenvalue weighted by atomic mass is 10.0. The van der Waals surface area contributed by atoms with E-state index in [-0.39, 0.29) is 17.7 Å². The van der Waals surface area contributed by atoms with Crippen molar-refractivity contribution < 1.29 is 9.59 Å². The lowest BCUT2D eigenvalue weighted by molar-refractivity contribution is -0.121. The van der Waals surface area contributed by atoms with Crippen molar-refractivity contribution in [3.05, 3.63) is 71.3 Å². The maximum absolute atomic E-state index is 12.4. The van der Waals surface area contributed by atoms with Gasteiger partial charge in [-0.15, -0.1) is 0 Å². The second-order valence-corrected chi connectivity index (χ2v) is 7.07. The van der Waals surface area contributed by atoms with Crippen molar-refractivity contribution >= 4 is 11.7 Å². The Bertz CT molecular complexity index is 732. The number of piperidine rings is 1. The van der Waals surface area contributed by atoms with Crippen molar-refractivity contribution in [1.82, 2.24) is 10.2 Å². The zero-order chi connectivity index (χ0) is 18.4. The molecular weight excluding hydrogens is 324 g/mol. The van der Waals surface area contributed by atoms with Gasteiger partial charge in [-0.25, -0.2) is 0 Å². The predicted molar refractivity (Wildman–Crippen MR) is 103 cm³/mol. The summed E-state index contributed by atoms with van der Waals surface area (Å²) in [6, 6.07) is 17.7. The Kier molecular flexibility index (Phi) is 6.18. The summed E-state index contributed by atoms with van der Waals surface area (Å²) in [7, 11) is 0. The molecule has 1 aliphatic heterocycles. The second kappa shape index (κ2) is 8.77. The van der Waals surface area contributed by atoms with Crippen molar-refractivity contribution in [2.75, 3.05) is 19.6 Å². The van der Waals surface area contributed by atoms with Gasteiger partial charge in [0, 0.05) is 24.7 Å². The molecule has 4 nitrogen and oxygen atoms in total. The summed E-state index contributed by atoms with van der Waals surface area (Å²) >= 11 is 0. The smallest absolute Gasteiger partial charge is 0.224 e. The van der Waals surface area contributed by atoms with E-state index in [2.05, 4.69) is 10.2 Å². The van der Waals surface area contributed by atoms with E-state index in [9.17, 15) is 9.59 Å². The topological polar surface area (TPSA) is 49.4 Å². The minimum Gasteiger partial charge on any atom is -0.353 e. The summed E-state index contributed by atoms with van der Waals surface area (Å²) in [5.74, 6) is 0.238. The van der Waals surface area contributed by atoms with Gasteiger partial charge in [-0.1, -0.05) is 60.2 Å². The van der Waals surface area contributed by atoms with E-state index in [1.165, 1.54) is 0 Å². The molecule has 1 fully saturated rings. The number of carbonyl (C=O) groups is 2. The molecule has 26 heavy (non-hydrogen) atoms. The van der Waals surface area contributed by atoms with Crippen LogP contribution in [0.2, 0.25) is 0 Å². The van der Waals surface area contributed by atoms with E-state index >= 15 is 0 Å². The van der Waals surface area contributed by atoms with Crippen LogP contribution in [0.25, 0.3) is 0 Å². The van der Waals surface area contributed by atoms with Gasteiger partial charge < -0.3 is 5.32 Å². The van der Waals surface area contributed by atoms with Crippen LogP contribution in [0.5, 0.6) is 0 Å². The second-order valence-electron chi connectivity index (χ2n) is 7.07. The summed E-state index contributed by atoms with van der Waals surface area (Å²) in [5, 5.41) is 3.13. The van der Waals surface area contributed by atoms with E-state index < -0.39 is 0 Å². The Morgan fingerprint density at radius 2 is 1.65 bits per heavy atom. The van der Waals surface area contributed by atoms with E-state index in [1.807, 2.05) is 61.5 Å². The van der Waals surface area contributed by atoms with Gasteiger partial charge in [0.1, 0.15) is 0 Å². The molecule has 136 valence electrons. The van der Waals surface area contributed by atoms with Crippen molar-refractivity contribution in [3.63, 3.8) is 0 Å². The van der Waals surface area contributed by atoms with Crippen LogP contribution in [-0.2, 0) is 11.2 Å². The molecule has 1 aliphatic rings. The van der Waals surface area contributed by atoms with Crippen molar-refractivity contribution in [2.24, 2.45) is 0 Å². The molecular formula is C22H26N2O2. The first-order chi connectivity index (χ1) is 12.6. The first-order valence-corrected chi connectivity index (χ1v) is 9.25. The van der Waals surface area contributed by atoms with Crippen LogP contribution in [0.3, 0.4) is 0 Å². The Morgan fingerprint density at radius 3 is 2.31 bits per heavy atom. The SMILES string of the molecule is Cc1ccc(C(=O)CN2CCC(NC(=O)Cc3ccccc3)CC2)cc1. The van der Waals surface area contributed by atoms with Crippen LogP contribution in [0, 0.1) is 6.92 Å². The van der Waals surface area contributed by atoms with E-state index in [0.29, 0.717) is 13.0 Å². The average molecular weight is 350 g/mol. The highest BCUT2D eigenvalue weighted by atomic mass is 16.1. The summed E-state index contributed by atoms with van der Waals surface area (Å²) < 4.78 is 0. The first-order valence-electron chi connectivity index (χ1n) is 9.25. The molecule has 0 unspecified atom stereocenters. The number of nitrogens with one attached hydrogen (secondary N) is 1. The molecule has 0 saturated carbocycles. The Balaban J connectivity index is 1.42. The van der Waals surface area contributed by atoms with Gasteiger partial charge >= 0.3 is 0 Å². The van der Waals surface area contributed by atoms with E-state index in [4.69, 9.17) is 0 Å². The Labute approximate surface area is 155 Å². The maximum atomic E-state index is 12.4. The van der Waals surface area contributed by atoms with Crippen molar-refractivity contribution in [2.45, 2.75) is 32.2 Å². The summed E-state index contributed by atoms with van der Waals surface area (Å²) in [4.78, 5) is 26.7. The Morgan fingerprint density at radius 1 is 1.00 bits per heavy atom. The predicted octanol–water partition coefficient (Wildman–Crippen LogP) is 3.00. The molecule has 2 aromatic carbocycles. The van der Waals surface area contributed by atoms with Crippen molar-refractivity contribution in [1.29, 1.82) is 0 Å². The van der Waals surface area contributed by atoms with Crippen molar-refractivity contribution in [3.8, 4) is 0 Å². The largest absolute Gasteiger partial charge is 0.353 e. The third-order valence-corrected chi connectivity index (χ3v) is 4.90. The minimum absolute atomic E-state index is 0.0744. The molecule has 1 amide bonds. The van der Waals surface area contributed by atoms with Crippen LogP contribution >= 0.6 is 0 Å². The summed E-state index contributed by atoms with van der Waals surface area (Å²) in [5.41, 5.74) is 2.97. The maximum Gasteiger partial charge on any atom is 0.224 e. The van der Waals surface area contributed by atoms with Gasteiger partial charge in [0.25, 0.3) is 0 Å². The highest BCUT2D eigenvalue weighted by Gasteiger charge is 2.22. The van der Waals surface area contributed by atoms with E-state index in [1.54, 1.807) is 0 Å². The monoisotopic (exact) mass is 350 g/mol. The average Bonchev–Trinajstić information content (AvgIpc) is 2.64. The van der Waals surface area contributed by atoms with Crippen LogP contribution in [-0.4, -0.2) is 42.3 Å². The number of amides is 1. The number of carbonyl (C=O) groups excluding carboxylic acids is 2. The molecule has 0 aliphatic carbocycles. The standard InChI is InChI=1S/C22H26N2O2/c1-17-7-9-19(10-8-17)21(25)16-24-13-11-20(12-14-24)23-22(26)15-18-5-3-2-4-6-18/h2-10,20H,11-16H2,1H3,(H,23,26). The Hall–Kier alpha value is -2.46. The molecule has 0 spiro atoms. The molecule has 1 heterocycles. The molecule has 1 N–H and O–H groups in total.